The van der Waals surface area contributed by atoms with E-state index in [0.29, 0.717) is 0 Å². The van der Waals surface area contributed by atoms with E-state index in [-0.39, 0.29) is 0 Å². The molecule has 2 aromatic heterocycles. The maximum Gasteiger partial charge on any atom is 0.136 e. The number of furan rings is 1. The topological polar surface area (TPSA) is 21.3 Å². The molecule has 0 saturated heterocycles. The highest BCUT2D eigenvalue weighted by Crippen LogP contribution is 2.42. The first kappa shape index (κ1) is 34.9. The molecule has 286 valence electrons. The molecule has 0 amide bonds. The molecule has 0 aliphatic heterocycles. The summed E-state index contributed by atoms with van der Waals surface area (Å²) in [4.78, 5) is 2.32. The molecular formula is C58H38N2O. The van der Waals surface area contributed by atoms with Crippen molar-refractivity contribution in [3.05, 3.63) is 231 Å². The molecule has 0 spiro atoms. The largest absolute Gasteiger partial charge is 0.456 e. The monoisotopic (exact) mass is 778 g/mol. The van der Waals surface area contributed by atoms with Crippen LogP contribution in [-0.2, 0) is 0 Å². The number of anilines is 3. The van der Waals surface area contributed by atoms with Gasteiger partial charge in [0.2, 0.25) is 0 Å². The molecule has 0 atom stereocenters. The average molecular weight is 779 g/mol. The molecule has 12 rings (SSSR count). The summed E-state index contributed by atoms with van der Waals surface area (Å²) in [6.45, 7) is 0. The number of hydrogen-bond donors (Lipinski definition) is 0. The van der Waals surface area contributed by atoms with Crippen LogP contribution in [0.15, 0.2) is 235 Å². The maximum atomic E-state index is 6.52. The summed E-state index contributed by atoms with van der Waals surface area (Å²) in [5, 5.41) is 7.18. The Hall–Kier alpha value is -8.14. The Labute approximate surface area is 353 Å². The quantitative estimate of drug-likeness (QED) is 0.161. The normalized spacial score (nSPS) is 11.6. The van der Waals surface area contributed by atoms with E-state index in [0.717, 1.165) is 66.9 Å². The molecule has 12 aromatic rings. The second-order valence-corrected chi connectivity index (χ2v) is 15.7. The second kappa shape index (κ2) is 14.3. The van der Waals surface area contributed by atoms with Gasteiger partial charge in [-0.2, -0.15) is 0 Å². The molecule has 61 heavy (non-hydrogen) atoms. The van der Waals surface area contributed by atoms with Gasteiger partial charge in [0.1, 0.15) is 11.2 Å². The number of aromatic nitrogens is 1. The Kier molecular flexibility index (Phi) is 8.17. The van der Waals surface area contributed by atoms with E-state index >= 15 is 0 Å². The molecule has 10 aromatic carbocycles. The number of nitrogens with zero attached hydrogens (tertiary/aromatic N) is 2. The lowest BCUT2D eigenvalue weighted by Gasteiger charge is -2.26. The summed E-state index contributed by atoms with van der Waals surface area (Å²) in [6, 6.07) is 82.8. The van der Waals surface area contributed by atoms with Crippen LogP contribution in [0.25, 0.3) is 93.6 Å². The van der Waals surface area contributed by atoms with Crippen molar-refractivity contribution in [3.63, 3.8) is 0 Å². The van der Waals surface area contributed by atoms with Gasteiger partial charge < -0.3 is 13.9 Å². The van der Waals surface area contributed by atoms with E-state index in [2.05, 4.69) is 240 Å². The van der Waals surface area contributed by atoms with E-state index in [1.165, 1.54) is 43.7 Å². The maximum absolute atomic E-state index is 6.52. The molecule has 0 N–H and O–H groups in total. The molecule has 3 heteroatoms. The van der Waals surface area contributed by atoms with Crippen molar-refractivity contribution in [1.82, 2.24) is 4.57 Å². The standard InChI is InChI=1S/C58H38N2O/c1-3-17-46(18-4-1)59(49-32-27-39-13-7-8-14-42(39)36-49)48-30-25-40(26-31-48)43-29-34-56-53(37-43)58-50(22-12-24-57(58)61-56)45-16-11-15-41(35-45)44-28-33-52-51-21-9-10-23-54(51)60(55(52)38-44)47-19-5-2-6-20-47/h1-38H. The minimum Gasteiger partial charge on any atom is -0.456 e. The zero-order valence-corrected chi connectivity index (χ0v) is 33.2. The molecular weight excluding hydrogens is 741 g/mol. The van der Waals surface area contributed by atoms with Crippen LogP contribution in [0.3, 0.4) is 0 Å². The van der Waals surface area contributed by atoms with Crippen LogP contribution in [0.5, 0.6) is 0 Å². The summed E-state index contributed by atoms with van der Waals surface area (Å²) in [7, 11) is 0. The molecule has 0 aliphatic carbocycles. The lowest BCUT2D eigenvalue weighted by atomic mass is 9.94. The molecule has 3 nitrogen and oxygen atoms in total. The number of para-hydroxylation sites is 3. The minimum absolute atomic E-state index is 0.879. The van der Waals surface area contributed by atoms with Crippen LogP contribution in [0.1, 0.15) is 0 Å². The highest BCUT2D eigenvalue weighted by Gasteiger charge is 2.18. The predicted octanol–water partition coefficient (Wildman–Crippen LogP) is 16.3. The van der Waals surface area contributed by atoms with Crippen LogP contribution in [0, 0.1) is 0 Å². The van der Waals surface area contributed by atoms with Gasteiger partial charge in [-0.15, -0.1) is 0 Å². The highest BCUT2D eigenvalue weighted by molar-refractivity contribution is 6.14. The SMILES string of the molecule is c1ccc(N(c2ccc(-c3ccc4oc5cccc(-c6cccc(-c7ccc8c9ccccc9n(-c9ccccc9)c8c7)c6)c5c4c3)cc2)c2ccc3ccccc3c2)cc1. The molecule has 0 bridgehead atoms. The van der Waals surface area contributed by atoms with Crippen molar-refractivity contribution in [2.45, 2.75) is 0 Å². The summed E-state index contributed by atoms with van der Waals surface area (Å²) in [5.74, 6) is 0. The lowest BCUT2D eigenvalue weighted by Crippen LogP contribution is -2.09. The smallest absolute Gasteiger partial charge is 0.136 e. The Bertz CT molecular complexity index is 3580. The van der Waals surface area contributed by atoms with Gasteiger partial charge in [0, 0.05) is 44.3 Å². The van der Waals surface area contributed by atoms with Crippen molar-refractivity contribution >= 4 is 71.6 Å². The Morgan fingerprint density at radius 3 is 1.84 bits per heavy atom. The van der Waals surface area contributed by atoms with E-state index in [4.69, 9.17) is 4.42 Å². The second-order valence-electron chi connectivity index (χ2n) is 15.7. The van der Waals surface area contributed by atoms with Gasteiger partial charge in [0.05, 0.1) is 11.0 Å². The van der Waals surface area contributed by atoms with E-state index in [9.17, 15) is 0 Å². The van der Waals surface area contributed by atoms with Crippen molar-refractivity contribution in [1.29, 1.82) is 0 Å². The van der Waals surface area contributed by atoms with Crippen LogP contribution < -0.4 is 4.90 Å². The summed E-state index contributed by atoms with van der Waals surface area (Å²) < 4.78 is 8.90. The van der Waals surface area contributed by atoms with Gasteiger partial charge in [0.25, 0.3) is 0 Å². The van der Waals surface area contributed by atoms with Crippen molar-refractivity contribution in [2.24, 2.45) is 0 Å². The van der Waals surface area contributed by atoms with Gasteiger partial charge in [-0.25, -0.2) is 0 Å². The van der Waals surface area contributed by atoms with Gasteiger partial charge in [-0.1, -0.05) is 146 Å². The fourth-order valence-electron chi connectivity index (χ4n) is 9.26. The third kappa shape index (κ3) is 5.98. The first-order valence-electron chi connectivity index (χ1n) is 20.8. The van der Waals surface area contributed by atoms with E-state index in [1.807, 2.05) is 0 Å². The number of benzene rings is 10. The fourth-order valence-corrected chi connectivity index (χ4v) is 9.26. The lowest BCUT2D eigenvalue weighted by molar-refractivity contribution is 0.669. The van der Waals surface area contributed by atoms with Gasteiger partial charge in [-0.3, -0.25) is 0 Å². The van der Waals surface area contributed by atoms with Crippen LogP contribution in [-0.4, -0.2) is 4.57 Å². The first-order valence-corrected chi connectivity index (χ1v) is 20.8. The summed E-state index contributed by atoms with van der Waals surface area (Å²) in [6.07, 6.45) is 0. The fraction of sp³-hybridized carbons (Fsp3) is 0. The number of rotatable bonds is 7. The summed E-state index contributed by atoms with van der Waals surface area (Å²) >= 11 is 0. The zero-order valence-electron chi connectivity index (χ0n) is 33.2. The van der Waals surface area contributed by atoms with Gasteiger partial charge in [0.15, 0.2) is 0 Å². The van der Waals surface area contributed by atoms with Gasteiger partial charge in [-0.05, 0) is 129 Å². The molecule has 0 radical (unpaired) electrons. The first-order chi connectivity index (χ1) is 30.2. The molecule has 0 fully saturated rings. The zero-order chi connectivity index (χ0) is 40.3. The molecule has 2 heterocycles. The van der Waals surface area contributed by atoms with Crippen LogP contribution >= 0.6 is 0 Å². The molecule has 0 unspecified atom stereocenters. The number of hydrogen-bond acceptors (Lipinski definition) is 2. The predicted molar refractivity (Wildman–Crippen MR) is 257 cm³/mol. The third-order valence-corrected chi connectivity index (χ3v) is 12.2. The molecule has 0 saturated carbocycles. The van der Waals surface area contributed by atoms with Crippen LogP contribution in [0.4, 0.5) is 17.1 Å². The van der Waals surface area contributed by atoms with Crippen molar-refractivity contribution in [2.75, 3.05) is 4.90 Å². The van der Waals surface area contributed by atoms with Crippen molar-refractivity contribution in [3.8, 4) is 39.1 Å². The Balaban J connectivity index is 0.926. The van der Waals surface area contributed by atoms with Crippen LogP contribution in [0.2, 0.25) is 0 Å². The van der Waals surface area contributed by atoms with Gasteiger partial charge >= 0.3 is 0 Å². The van der Waals surface area contributed by atoms with E-state index < -0.39 is 0 Å². The highest BCUT2D eigenvalue weighted by atomic mass is 16.3. The Morgan fingerprint density at radius 2 is 0.967 bits per heavy atom. The van der Waals surface area contributed by atoms with E-state index in [1.54, 1.807) is 0 Å². The van der Waals surface area contributed by atoms with Crippen molar-refractivity contribution < 1.29 is 4.42 Å². The Morgan fingerprint density at radius 1 is 0.328 bits per heavy atom. The number of fused-ring (bicyclic) bond motifs is 7. The minimum atomic E-state index is 0.879. The average Bonchev–Trinajstić information content (AvgIpc) is 3.88. The molecule has 0 aliphatic rings. The third-order valence-electron chi connectivity index (χ3n) is 12.2. The summed E-state index contributed by atoms with van der Waals surface area (Å²) in [5.41, 5.74) is 15.6.